The van der Waals surface area contributed by atoms with E-state index in [1.807, 2.05) is 0 Å². The second-order valence-electron chi connectivity index (χ2n) is 3.99. The van der Waals surface area contributed by atoms with Gasteiger partial charge in [0.1, 0.15) is 6.04 Å². The fraction of sp³-hybridized carbons (Fsp3) is 0.636. The zero-order chi connectivity index (χ0) is 14.1. The molecular formula is C11H17N3O4. The molecule has 0 aliphatic carbocycles. The summed E-state index contributed by atoms with van der Waals surface area (Å²) in [6.45, 7) is 4.64. The van der Waals surface area contributed by atoms with Crippen molar-refractivity contribution in [2.45, 2.75) is 45.8 Å². The zero-order valence-electron chi connectivity index (χ0n) is 10.7. The van der Waals surface area contributed by atoms with Gasteiger partial charge in [0.25, 0.3) is 0 Å². The molecule has 1 atom stereocenters. The fourth-order valence-corrected chi connectivity index (χ4v) is 1.22. The van der Waals surface area contributed by atoms with Crippen molar-refractivity contribution < 1.29 is 23.9 Å². The van der Waals surface area contributed by atoms with Crippen LogP contribution >= 0.6 is 0 Å². The molecule has 0 rings (SSSR count). The van der Waals surface area contributed by atoms with Crippen LogP contribution in [0.3, 0.4) is 0 Å². The van der Waals surface area contributed by atoms with E-state index >= 15 is 0 Å². The molecular weight excluding hydrogens is 238 g/mol. The molecule has 0 aromatic rings. The molecule has 0 aliphatic rings. The van der Waals surface area contributed by atoms with Crippen molar-refractivity contribution in [3.63, 3.8) is 0 Å². The van der Waals surface area contributed by atoms with Gasteiger partial charge in [0.15, 0.2) is 0 Å². The molecule has 1 amide bonds. The van der Waals surface area contributed by atoms with E-state index in [1.165, 1.54) is 6.92 Å². The van der Waals surface area contributed by atoms with Gasteiger partial charge in [0, 0.05) is 13.3 Å². The maximum Gasteiger partial charge on any atom is 0.328 e. The van der Waals surface area contributed by atoms with E-state index in [4.69, 9.17) is 10.3 Å². The van der Waals surface area contributed by atoms with Crippen molar-refractivity contribution in [2.75, 3.05) is 0 Å². The van der Waals surface area contributed by atoms with Crippen LogP contribution in [-0.4, -0.2) is 40.8 Å². The molecule has 100 valence electrons. The molecule has 7 nitrogen and oxygen atoms in total. The van der Waals surface area contributed by atoms with Gasteiger partial charge in [0.05, 0.1) is 6.10 Å². The number of hydrogen-bond acceptors (Lipinski definition) is 4. The highest BCUT2D eigenvalue weighted by Gasteiger charge is 2.23. The van der Waals surface area contributed by atoms with Crippen LogP contribution in [0, 0.1) is 0 Å². The number of nitrogens with one attached hydrogen (secondary N) is 1. The summed E-state index contributed by atoms with van der Waals surface area (Å²) in [5.74, 6) is -1.41. The Labute approximate surface area is 105 Å². The number of Topliss-reactive ketones (excluding diaryl/α,β-unsaturated/α-hetero) is 1. The molecule has 0 unspecified atom stereocenters. The van der Waals surface area contributed by atoms with Gasteiger partial charge in [-0.15, -0.1) is 0 Å². The Kier molecular flexibility index (Phi) is 7.23. The summed E-state index contributed by atoms with van der Waals surface area (Å²) in [6, 6.07) is -0.874. The zero-order valence-corrected chi connectivity index (χ0v) is 10.7. The SMILES string of the molecule is CC(=O)N[C@@H](CCC(=O)C=[N+]=[N-])C(=O)OC(C)C. The Morgan fingerprint density at radius 3 is 2.44 bits per heavy atom. The molecule has 0 aliphatic heterocycles. The van der Waals surface area contributed by atoms with E-state index in [1.54, 1.807) is 13.8 Å². The summed E-state index contributed by atoms with van der Waals surface area (Å²) in [4.78, 5) is 36.3. The lowest BCUT2D eigenvalue weighted by atomic mass is 10.1. The highest BCUT2D eigenvalue weighted by atomic mass is 16.5. The molecule has 0 radical (unpaired) electrons. The average molecular weight is 255 g/mol. The minimum absolute atomic E-state index is 0.0256. The highest BCUT2D eigenvalue weighted by molar-refractivity contribution is 6.25. The summed E-state index contributed by atoms with van der Waals surface area (Å²) in [7, 11) is 0. The maximum absolute atomic E-state index is 11.6. The van der Waals surface area contributed by atoms with Crippen LogP contribution < -0.4 is 5.32 Å². The predicted molar refractivity (Wildman–Crippen MR) is 62.8 cm³/mol. The average Bonchev–Trinajstić information content (AvgIpc) is 2.23. The van der Waals surface area contributed by atoms with Crippen LogP contribution in [-0.2, 0) is 19.1 Å². The van der Waals surface area contributed by atoms with E-state index in [0.29, 0.717) is 0 Å². The number of carbonyl (C=O) groups excluding carboxylic acids is 3. The monoisotopic (exact) mass is 255 g/mol. The molecule has 0 spiro atoms. The lowest BCUT2D eigenvalue weighted by molar-refractivity contribution is -0.151. The number of amides is 1. The first-order chi connectivity index (χ1) is 8.36. The van der Waals surface area contributed by atoms with Crippen molar-refractivity contribution in [3.05, 3.63) is 5.53 Å². The van der Waals surface area contributed by atoms with Gasteiger partial charge in [0.2, 0.25) is 11.7 Å². The summed E-state index contributed by atoms with van der Waals surface area (Å²) >= 11 is 0. The summed E-state index contributed by atoms with van der Waals surface area (Å²) < 4.78 is 4.96. The van der Waals surface area contributed by atoms with Crippen molar-refractivity contribution in [1.29, 1.82) is 0 Å². The van der Waals surface area contributed by atoms with Gasteiger partial charge >= 0.3 is 12.2 Å². The molecule has 0 bridgehead atoms. The quantitative estimate of drug-likeness (QED) is 0.301. The standard InChI is InChI=1S/C11H17N3O4/c1-7(2)18-11(17)10(14-8(3)15)5-4-9(16)6-13-12/h6-7,10H,4-5H2,1-3H3,(H,14,15)/t10-/m0/s1. The van der Waals surface area contributed by atoms with Gasteiger partial charge in [-0.3, -0.25) is 9.59 Å². The lowest BCUT2D eigenvalue weighted by Gasteiger charge is -2.17. The van der Waals surface area contributed by atoms with E-state index in [0.717, 1.165) is 6.21 Å². The topological polar surface area (TPSA) is 109 Å². The molecule has 0 saturated heterocycles. The summed E-state index contributed by atoms with van der Waals surface area (Å²) in [5.41, 5.74) is 8.16. The Balaban J connectivity index is 4.48. The third-order valence-electron chi connectivity index (χ3n) is 1.90. The van der Waals surface area contributed by atoms with E-state index in [9.17, 15) is 14.4 Å². The molecule has 1 N–H and O–H groups in total. The normalized spacial score (nSPS) is 11.3. The smallest absolute Gasteiger partial charge is 0.328 e. The molecule has 18 heavy (non-hydrogen) atoms. The Hall–Kier alpha value is -2.01. The fourth-order valence-electron chi connectivity index (χ4n) is 1.22. The summed E-state index contributed by atoms with van der Waals surface area (Å²) in [6.07, 6.45) is 0.514. The first-order valence-electron chi connectivity index (χ1n) is 5.54. The Bertz CT molecular complexity index is 372. The molecule has 0 aromatic heterocycles. The molecule has 0 heterocycles. The first kappa shape index (κ1) is 16.0. The molecule has 0 fully saturated rings. The van der Waals surface area contributed by atoms with Crippen LogP contribution in [0.15, 0.2) is 0 Å². The van der Waals surface area contributed by atoms with Crippen LogP contribution in [0.4, 0.5) is 0 Å². The van der Waals surface area contributed by atoms with E-state index < -0.39 is 17.8 Å². The predicted octanol–water partition coefficient (Wildman–Crippen LogP) is 0.0926. The number of hydrogen-bond donors (Lipinski definition) is 1. The molecule has 7 heteroatoms. The Morgan fingerprint density at radius 2 is 2.00 bits per heavy atom. The van der Waals surface area contributed by atoms with Crippen LogP contribution in [0.25, 0.3) is 5.53 Å². The highest BCUT2D eigenvalue weighted by Crippen LogP contribution is 2.03. The number of ketones is 1. The summed E-state index contributed by atoms with van der Waals surface area (Å²) in [5, 5.41) is 2.41. The third kappa shape index (κ3) is 7.29. The van der Waals surface area contributed by atoms with Crippen molar-refractivity contribution in [2.24, 2.45) is 0 Å². The van der Waals surface area contributed by atoms with Crippen molar-refractivity contribution in [1.82, 2.24) is 5.32 Å². The number of esters is 1. The van der Waals surface area contributed by atoms with Gasteiger partial charge in [-0.05, 0) is 20.3 Å². The lowest BCUT2D eigenvalue weighted by Crippen LogP contribution is -2.41. The molecule has 0 saturated carbocycles. The second-order valence-corrected chi connectivity index (χ2v) is 3.99. The number of ether oxygens (including phenoxy) is 1. The first-order valence-corrected chi connectivity index (χ1v) is 5.54. The Morgan fingerprint density at radius 1 is 1.39 bits per heavy atom. The minimum atomic E-state index is -0.874. The van der Waals surface area contributed by atoms with Crippen molar-refractivity contribution >= 4 is 23.9 Å². The third-order valence-corrected chi connectivity index (χ3v) is 1.90. The number of rotatable bonds is 7. The van der Waals surface area contributed by atoms with E-state index in [2.05, 4.69) is 10.1 Å². The molecule has 0 aromatic carbocycles. The van der Waals surface area contributed by atoms with Crippen molar-refractivity contribution in [3.8, 4) is 0 Å². The maximum atomic E-state index is 11.6. The largest absolute Gasteiger partial charge is 0.461 e. The van der Waals surface area contributed by atoms with Gasteiger partial charge < -0.3 is 15.6 Å². The van der Waals surface area contributed by atoms with Gasteiger partial charge in [-0.2, -0.15) is 4.79 Å². The van der Waals surface area contributed by atoms with Crippen LogP contribution in [0.5, 0.6) is 0 Å². The minimum Gasteiger partial charge on any atom is -0.461 e. The second kappa shape index (κ2) is 8.14. The number of nitrogens with zero attached hydrogens (tertiary/aromatic N) is 2. The van der Waals surface area contributed by atoms with E-state index in [-0.39, 0.29) is 24.9 Å². The van der Waals surface area contributed by atoms with Gasteiger partial charge in [-0.1, -0.05) is 0 Å². The van der Waals surface area contributed by atoms with Crippen LogP contribution in [0.1, 0.15) is 33.6 Å². The number of carbonyl (C=O) groups is 3. The van der Waals surface area contributed by atoms with Crippen LogP contribution in [0.2, 0.25) is 0 Å². The van der Waals surface area contributed by atoms with Gasteiger partial charge in [-0.25, -0.2) is 4.79 Å².